The van der Waals surface area contributed by atoms with Crippen LogP contribution in [0.5, 0.6) is 0 Å². The van der Waals surface area contributed by atoms with Crippen LogP contribution in [0, 0.1) is 0 Å². The number of nitrogens with one attached hydrogen (secondary N) is 1. The first-order valence-electron chi connectivity index (χ1n) is 9.35. The molecule has 0 radical (unpaired) electrons. The summed E-state index contributed by atoms with van der Waals surface area (Å²) in [7, 11) is 0. The zero-order valence-corrected chi connectivity index (χ0v) is 17.9. The number of carbonyl (C=O) groups excluding carboxylic acids is 1. The molecule has 28 heavy (non-hydrogen) atoms. The Hall–Kier alpha value is -2.15. The van der Waals surface area contributed by atoms with Crippen LogP contribution in [-0.2, 0) is 6.54 Å². The molecule has 3 aromatic rings. The highest BCUT2D eigenvalue weighted by molar-refractivity contribution is 9.11. The Labute approximate surface area is 177 Å². The maximum Gasteiger partial charge on any atom is 0.265 e. The number of hydrogen-bond acceptors (Lipinski definition) is 4. The summed E-state index contributed by atoms with van der Waals surface area (Å²) in [5.41, 5.74) is 3.39. The van der Waals surface area contributed by atoms with Gasteiger partial charge in [-0.2, -0.15) is 0 Å². The van der Waals surface area contributed by atoms with Crippen LogP contribution < -0.4 is 10.2 Å². The zero-order chi connectivity index (χ0) is 19.3. The fourth-order valence-corrected chi connectivity index (χ4v) is 4.67. The van der Waals surface area contributed by atoms with E-state index in [1.54, 1.807) is 0 Å². The Morgan fingerprint density at radius 1 is 0.929 bits per heavy atom. The summed E-state index contributed by atoms with van der Waals surface area (Å²) in [4.78, 5) is 17.9. The molecular weight excluding hydrogens is 434 g/mol. The highest BCUT2D eigenvalue weighted by Gasteiger charge is 2.17. The molecule has 0 bridgehead atoms. The van der Waals surface area contributed by atoms with Gasteiger partial charge < -0.3 is 10.2 Å². The summed E-state index contributed by atoms with van der Waals surface area (Å²) >= 11 is 4.82. The van der Waals surface area contributed by atoms with Gasteiger partial charge in [0, 0.05) is 44.1 Å². The maximum absolute atomic E-state index is 12.3. The van der Waals surface area contributed by atoms with Gasteiger partial charge in [0.1, 0.15) is 0 Å². The van der Waals surface area contributed by atoms with Crippen LogP contribution in [-0.4, -0.2) is 37.0 Å². The third kappa shape index (κ3) is 4.82. The minimum atomic E-state index is -0.0713. The largest absolute Gasteiger partial charge is 0.369 e. The van der Waals surface area contributed by atoms with Crippen molar-refractivity contribution in [1.29, 1.82) is 0 Å². The molecule has 1 N–H and O–H groups in total. The number of piperazine rings is 1. The van der Waals surface area contributed by atoms with Crippen molar-refractivity contribution in [3.8, 4) is 0 Å². The standard InChI is InChI=1S/C22H22BrN3OS/c23-21-11-10-20(28-21)22(27)24-18-6-8-19(9-7-18)26-14-12-25(13-15-26)16-17-4-2-1-3-5-17/h1-11H,12-16H2,(H,24,27). The molecule has 4 nitrogen and oxygen atoms in total. The Balaban J connectivity index is 1.30. The van der Waals surface area contributed by atoms with Gasteiger partial charge in [0.15, 0.2) is 0 Å². The SMILES string of the molecule is O=C(Nc1ccc(N2CCN(Cc3ccccc3)CC2)cc1)c1ccc(Br)s1. The van der Waals surface area contributed by atoms with Crippen molar-refractivity contribution in [2.45, 2.75) is 6.54 Å². The highest BCUT2D eigenvalue weighted by atomic mass is 79.9. The molecule has 0 spiro atoms. The molecule has 0 aliphatic carbocycles. The number of nitrogens with zero attached hydrogens (tertiary/aromatic N) is 2. The number of halogens is 1. The molecular formula is C22H22BrN3OS. The second-order valence-electron chi connectivity index (χ2n) is 6.85. The Morgan fingerprint density at radius 2 is 1.64 bits per heavy atom. The summed E-state index contributed by atoms with van der Waals surface area (Å²) in [5.74, 6) is -0.0713. The van der Waals surface area contributed by atoms with Gasteiger partial charge in [-0.25, -0.2) is 0 Å². The molecule has 1 saturated heterocycles. The first kappa shape index (κ1) is 19.2. The lowest BCUT2D eigenvalue weighted by Gasteiger charge is -2.36. The molecule has 6 heteroatoms. The first-order chi connectivity index (χ1) is 13.7. The molecule has 1 fully saturated rings. The number of anilines is 2. The topological polar surface area (TPSA) is 35.6 Å². The zero-order valence-electron chi connectivity index (χ0n) is 15.5. The van der Waals surface area contributed by atoms with Crippen molar-refractivity contribution >= 4 is 44.5 Å². The lowest BCUT2D eigenvalue weighted by atomic mass is 10.2. The van der Waals surface area contributed by atoms with E-state index in [9.17, 15) is 4.79 Å². The highest BCUT2D eigenvalue weighted by Crippen LogP contribution is 2.24. The molecule has 1 aliphatic rings. The quantitative estimate of drug-likeness (QED) is 0.582. The number of hydrogen-bond donors (Lipinski definition) is 1. The molecule has 0 atom stereocenters. The van der Waals surface area contributed by atoms with Gasteiger partial charge >= 0.3 is 0 Å². The minimum Gasteiger partial charge on any atom is -0.369 e. The number of rotatable bonds is 5. The fourth-order valence-electron chi connectivity index (χ4n) is 3.39. The van der Waals surface area contributed by atoms with E-state index >= 15 is 0 Å². The Morgan fingerprint density at radius 3 is 2.29 bits per heavy atom. The van der Waals surface area contributed by atoms with Crippen LogP contribution >= 0.6 is 27.3 Å². The molecule has 2 aromatic carbocycles. The van der Waals surface area contributed by atoms with E-state index in [4.69, 9.17) is 0 Å². The number of amides is 1. The lowest BCUT2D eigenvalue weighted by Crippen LogP contribution is -2.45. The van der Waals surface area contributed by atoms with Gasteiger partial charge in [-0.05, 0) is 57.9 Å². The molecule has 4 rings (SSSR count). The average Bonchev–Trinajstić information content (AvgIpc) is 3.17. The van der Waals surface area contributed by atoms with Crippen molar-refractivity contribution in [3.05, 3.63) is 81.0 Å². The predicted molar refractivity (Wildman–Crippen MR) is 120 cm³/mol. The van der Waals surface area contributed by atoms with E-state index in [2.05, 4.69) is 73.5 Å². The van der Waals surface area contributed by atoms with E-state index < -0.39 is 0 Å². The van der Waals surface area contributed by atoms with Gasteiger partial charge in [-0.15, -0.1) is 11.3 Å². The lowest BCUT2D eigenvalue weighted by molar-refractivity contribution is 0.103. The second-order valence-corrected chi connectivity index (χ2v) is 9.32. The monoisotopic (exact) mass is 455 g/mol. The number of benzene rings is 2. The summed E-state index contributed by atoms with van der Waals surface area (Å²) in [6.45, 7) is 5.16. The molecule has 0 unspecified atom stereocenters. The van der Waals surface area contributed by atoms with Gasteiger partial charge in [0.25, 0.3) is 5.91 Å². The average molecular weight is 456 g/mol. The van der Waals surface area contributed by atoms with Gasteiger partial charge in [0.05, 0.1) is 8.66 Å². The smallest absolute Gasteiger partial charge is 0.265 e. The van der Waals surface area contributed by atoms with E-state index in [1.807, 2.05) is 24.3 Å². The molecule has 1 aliphatic heterocycles. The first-order valence-corrected chi connectivity index (χ1v) is 11.0. The summed E-state index contributed by atoms with van der Waals surface area (Å²) in [6.07, 6.45) is 0. The molecule has 1 amide bonds. The maximum atomic E-state index is 12.3. The van der Waals surface area contributed by atoms with Gasteiger partial charge in [0.2, 0.25) is 0 Å². The fraction of sp³-hybridized carbons (Fsp3) is 0.227. The van der Waals surface area contributed by atoms with E-state index in [0.717, 1.165) is 42.2 Å². The summed E-state index contributed by atoms with van der Waals surface area (Å²) in [6, 6.07) is 22.5. The summed E-state index contributed by atoms with van der Waals surface area (Å²) < 4.78 is 0.958. The number of carbonyl (C=O) groups is 1. The molecule has 2 heterocycles. The third-order valence-corrected chi connectivity index (χ3v) is 6.53. The molecule has 144 valence electrons. The van der Waals surface area contributed by atoms with Crippen LogP contribution in [0.15, 0.2) is 70.5 Å². The van der Waals surface area contributed by atoms with Crippen molar-refractivity contribution in [2.24, 2.45) is 0 Å². The minimum absolute atomic E-state index is 0.0713. The van der Waals surface area contributed by atoms with Crippen LogP contribution in [0.1, 0.15) is 15.2 Å². The van der Waals surface area contributed by atoms with Crippen LogP contribution in [0.2, 0.25) is 0 Å². The van der Waals surface area contributed by atoms with Crippen molar-refractivity contribution in [1.82, 2.24) is 4.90 Å². The second kappa shape index (κ2) is 8.90. The Kier molecular flexibility index (Phi) is 6.10. The van der Waals surface area contributed by atoms with E-state index in [0.29, 0.717) is 4.88 Å². The molecule has 1 aromatic heterocycles. The van der Waals surface area contributed by atoms with E-state index in [-0.39, 0.29) is 5.91 Å². The van der Waals surface area contributed by atoms with Crippen molar-refractivity contribution in [2.75, 3.05) is 36.4 Å². The number of thiophene rings is 1. The molecule has 0 saturated carbocycles. The van der Waals surface area contributed by atoms with Gasteiger partial charge in [-0.1, -0.05) is 30.3 Å². The van der Waals surface area contributed by atoms with E-state index in [1.165, 1.54) is 22.6 Å². The van der Waals surface area contributed by atoms with Gasteiger partial charge in [-0.3, -0.25) is 9.69 Å². The third-order valence-electron chi connectivity index (χ3n) is 4.91. The van der Waals surface area contributed by atoms with Crippen LogP contribution in [0.3, 0.4) is 0 Å². The van der Waals surface area contributed by atoms with Crippen LogP contribution in [0.25, 0.3) is 0 Å². The predicted octanol–water partition coefficient (Wildman–Crippen LogP) is 5.09. The normalized spacial score (nSPS) is 14.8. The van der Waals surface area contributed by atoms with Crippen LogP contribution in [0.4, 0.5) is 11.4 Å². The van der Waals surface area contributed by atoms with Crippen molar-refractivity contribution < 1.29 is 4.79 Å². The van der Waals surface area contributed by atoms with Crippen molar-refractivity contribution in [3.63, 3.8) is 0 Å². The Bertz CT molecular complexity index is 918. The summed E-state index contributed by atoms with van der Waals surface area (Å²) in [5, 5.41) is 2.96.